The normalized spacial score (nSPS) is 18.9. The van der Waals surface area contributed by atoms with Gasteiger partial charge < -0.3 is 10.0 Å². The van der Waals surface area contributed by atoms with Crippen LogP contribution in [0.25, 0.3) is 0 Å². The highest BCUT2D eigenvalue weighted by molar-refractivity contribution is 5.80. The number of aliphatic carboxylic acids is 1. The van der Waals surface area contributed by atoms with Crippen LogP contribution in [0.1, 0.15) is 46.0 Å². The summed E-state index contributed by atoms with van der Waals surface area (Å²) < 4.78 is 1.53. The summed E-state index contributed by atoms with van der Waals surface area (Å²) in [5.74, 6) is -0.711. The largest absolute Gasteiger partial charge is 0.479 e. The number of amides is 1. The molecule has 0 bridgehead atoms. The number of carbonyl (C=O) groups excluding carboxylic acids is 1. The van der Waals surface area contributed by atoms with E-state index in [1.807, 2.05) is 11.8 Å². The van der Waals surface area contributed by atoms with Crippen molar-refractivity contribution in [2.45, 2.75) is 51.5 Å². The van der Waals surface area contributed by atoms with Crippen LogP contribution in [0.5, 0.6) is 0 Å². The molecule has 1 aliphatic heterocycles. The Bertz CT molecular complexity index is 505. The van der Waals surface area contributed by atoms with E-state index >= 15 is 0 Å². The smallest absolute Gasteiger partial charge is 0.331 e. The van der Waals surface area contributed by atoms with Crippen molar-refractivity contribution in [3.63, 3.8) is 0 Å². The van der Waals surface area contributed by atoms with Crippen LogP contribution in [-0.4, -0.2) is 44.8 Å². The van der Waals surface area contributed by atoms with Crippen molar-refractivity contribution in [2.75, 3.05) is 13.1 Å². The second kappa shape index (κ2) is 6.94. The third-order valence-corrected chi connectivity index (χ3v) is 4.66. The van der Waals surface area contributed by atoms with Gasteiger partial charge in [0.1, 0.15) is 0 Å². The molecule has 1 saturated heterocycles. The lowest BCUT2D eigenvalue weighted by Gasteiger charge is -2.39. The van der Waals surface area contributed by atoms with Gasteiger partial charge in [-0.25, -0.2) is 4.79 Å². The quantitative estimate of drug-likeness (QED) is 0.873. The van der Waals surface area contributed by atoms with Crippen LogP contribution in [0.3, 0.4) is 0 Å². The topological polar surface area (TPSA) is 75.4 Å². The van der Waals surface area contributed by atoms with E-state index in [0.717, 1.165) is 19.3 Å². The lowest BCUT2D eigenvalue weighted by atomic mass is 9.87. The average Bonchev–Trinajstić information content (AvgIpc) is 3.06. The molecule has 1 unspecified atom stereocenters. The minimum atomic E-state index is -1.02. The molecule has 1 aromatic rings. The maximum atomic E-state index is 12.4. The maximum absolute atomic E-state index is 12.4. The first kappa shape index (κ1) is 16.5. The molecule has 2 rings (SSSR count). The fourth-order valence-electron chi connectivity index (χ4n) is 3.11. The Morgan fingerprint density at radius 3 is 2.55 bits per heavy atom. The van der Waals surface area contributed by atoms with Gasteiger partial charge >= 0.3 is 5.97 Å². The van der Waals surface area contributed by atoms with Gasteiger partial charge in [-0.3, -0.25) is 9.48 Å². The Balaban J connectivity index is 2.02. The zero-order chi connectivity index (χ0) is 16.2. The molecular weight excluding hydrogens is 282 g/mol. The van der Waals surface area contributed by atoms with Crippen LogP contribution in [0.4, 0.5) is 0 Å². The minimum absolute atomic E-state index is 0.0157. The highest BCUT2D eigenvalue weighted by atomic mass is 16.4. The van der Waals surface area contributed by atoms with Crippen molar-refractivity contribution in [1.29, 1.82) is 0 Å². The molecule has 22 heavy (non-hydrogen) atoms. The molecule has 1 aliphatic rings. The SMILES string of the molecule is CCCCC(C)C(=O)N1CCC(C(=O)O)(n2cccn2)CC1. The molecule has 122 valence electrons. The van der Waals surface area contributed by atoms with Gasteiger partial charge in [-0.1, -0.05) is 26.7 Å². The number of nitrogens with zero attached hydrogens (tertiary/aromatic N) is 3. The molecule has 6 heteroatoms. The Kier molecular flexibility index (Phi) is 5.21. The van der Waals surface area contributed by atoms with Crippen molar-refractivity contribution in [2.24, 2.45) is 5.92 Å². The summed E-state index contributed by atoms with van der Waals surface area (Å²) in [6.45, 7) is 5.02. The number of carboxylic acid groups (broad SMARTS) is 1. The number of carbonyl (C=O) groups is 2. The van der Waals surface area contributed by atoms with Crippen LogP contribution in [0.15, 0.2) is 18.5 Å². The molecule has 0 spiro atoms. The van der Waals surface area contributed by atoms with Crippen molar-refractivity contribution >= 4 is 11.9 Å². The van der Waals surface area contributed by atoms with Crippen molar-refractivity contribution in [1.82, 2.24) is 14.7 Å². The number of hydrogen-bond acceptors (Lipinski definition) is 3. The molecule has 0 aromatic carbocycles. The molecule has 1 aromatic heterocycles. The van der Waals surface area contributed by atoms with Gasteiger partial charge in [0.15, 0.2) is 5.54 Å². The summed E-state index contributed by atoms with van der Waals surface area (Å²) in [7, 11) is 0. The van der Waals surface area contributed by atoms with E-state index in [2.05, 4.69) is 12.0 Å². The number of hydrogen-bond donors (Lipinski definition) is 1. The summed E-state index contributed by atoms with van der Waals surface area (Å²) in [5.41, 5.74) is -1.02. The van der Waals surface area contributed by atoms with Gasteiger partial charge in [0.25, 0.3) is 0 Å². The Morgan fingerprint density at radius 1 is 1.36 bits per heavy atom. The molecule has 1 atom stereocenters. The van der Waals surface area contributed by atoms with E-state index in [1.54, 1.807) is 18.5 Å². The summed E-state index contributed by atoms with van der Waals surface area (Å²) in [5, 5.41) is 13.8. The predicted molar refractivity (Wildman–Crippen MR) is 82.3 cm³/mol. The number of piperidine rings is 1. The second-order valence-corrected chi connectivity index (χ2v) is 6.16. The third kappa shape index (κ3) is 3.15. The highest BCUT2D eigenvalue weighted by Gasteiger charge is 2.45. The molecule has 1 amide bonds. The van der Waals surface area contributed by atoms with E-state index in [0.29, 0.717) is 25.9 Å². The molecular formula is C16H25N3O3. The molecule has 0 aliphatic carbocycles. The molecule has 1 fully saturated rings. The van der Waals surface area contributed by atoms with Crippen LogP contribution >= 0.6 is 0 Å². The zero-order valence-corrected chi connectivity index (χ0v) is 13.4. The summed E-state index contributed by atoms with van der Waals surface area (Å²) in [6.07, 6.45) is 7.11. The molecule has 2 heterocycles. The zero-order valence-electron chi connectivity index (χ0n) is 13.4. The average molecular weight is 307 g/mol. The summed E-state index contributed by atoms with van der Waals surface area (Å²) in [6, 6.07) is 1.73. The first-order valence-corrected chi connectivity index (χ1v) is 8.03. The predicted octanol–water partition coefficient (Wildman–Crippen LogP) is 2.11. The molecule has 0 saturated carbocycles. The van der Waals surface area contributed by atoms with Gasteiger partial charge in [0.05, 0.1) is 0 Å². The minimum Gasteiger partial charge on any atom is -0.479 e. The first-order valence-electron chi connectivity index (χ1n) is 8.03. The monoisotopic (exact) mass is 307 g/mol. The van der Waals surface area contributed by atoms with Crippen molar-refractivity contribution in [3.8, 4) is 0 Å². The van der Waals surface area contributed by atoms with Gasteiger partial charge in [0.2, 0.25) is 5.91 Å². The highest BCUT2D eigenvalue weighted by Crippen LogP contribution is 2.31. The lowest BCUT2D eigenvalue weighted by Crippen LogP contribution is -2.53. The number of rotatable bonds is 6. The van der Waals surface area contributed by atoms with Gasteiger partial charge in [-0.05, 0) is 12.5 Å². The Labute approximate surface area is 131 Å². The number of aromatic nitrogens is 2. The van der Waals surface area contributed by atoms with Gasteiger partial charge in [-0.15, -0.1) is 0 Å². The number of likely N-dealkylation sites (tertiary alicyclic amines) is 1. The number of carboxylic acids is 1. The maximum Gasteiger partial charge on any atom is 0.331 e. The second-order valence-electron chi connectivity index (χ2n) is 6.16. The summed E-state index contributed by atoms with van der Waals surface area (Å²) >= 11 is 0. The van der Waals surface area contributed by atoms with Crippen molar-refractivity contribution in [3.05, 3.63) is 18.5 Å². The molecule has 6 nitrogen and oxygen atoms in total. The standard InChI is InChI=1S/C16H25N3O3/c1-3-4-6-13(2)14(20)18-11-7-16(8-12-18,15(21)22)19-10-5-9-17-19/h5,9-10,13H,3-4,6-8,11-12H2,1-2H3,(H,21,22). The Morgan fingerprint density at radius 2 is 2.05 bits per heavy atom. The van der Waals surface area contributed by atoms with Crippen LogP contribution in [0, 0.1) is 5.92 Å². The van der Waals surface area contributed by atoms with E-state index in [9.17, 15) is 14.7 Å². The van der Waals surface area contributed by atoms with Gasteiger partial charge in [-0.2, -0.15) is 5.10 Å². The fourth-order valence-corrected chi connectivity index (χ4v) is 3.11. The van der Waals surface area contributed by atoms with E-state index in [-0.39, 0.29) is 11.8 Å². The third-order valence-electron chi connectivity index (χ3n) is 4.66. The summed E-state index contributed by atoms with van der Waals surface area (Å²) in [4.78, 5) is 26.0. The van der Waals surface area contributed by atoms with Crippen molar-refractivity contribution < 1.29 is 14.7 Å². The van der Waals surface area contributed by atoms with E-state index < -0.39 is 11.5 Å². The van der Waals surface area contributed by atoms with Gasteiger partial charge in [0, 0.05) is 44.2 Å². The van der Waals surface area contributed by atoms with Crippen LogP contribution < -0.4 is 0 Å². The van der Waals surface area contributed by atoms with Crippen LogP contribution in [-0.2, 0) is 15.1 Å². The fraction of sp³-hybridized carbons (Fsp3) is 0.688. The molecule has 1 N–H and O–H groups in total. The first-order chi connectivity index (χ1) is 10.5. The molecule has 0 radical (unpaired) electrons. The van der Waals surface area contributed by atoms with E-state index in [4.69, 9.17) is 0 Å². The lowest BCUT2D eigenvalue weighted by molar-refractivity contribution is -0.154. The Hall–Kier alpha value is -1.85. The van der Waals surface area contributed by atoms with Crippen LogP contribution in [0.2, 0.25) is 0 Å². The van der Waals surface area contributed by atoms with E-state index in [1.165, 1.54) is 4.68 Å². The number of unbranched alkanes of at least 4 members (excludes halogenated alkanes) is 1.